The highest BCUT2D eigenvalue weighted by atomic mass is 32.2. The van der Waals surface area contributed by atoms with Crippen LogP contribution in [-0.2, 0) is 22.1 Å². The quantitative estimate of drug-likeness (QED) is 0.240. The fourth-order valence-corrected chi connectivity index (χ4v) is 7.39. The Hall–Kier alpha value is -4.67. The number of sulfonamides is 1. The maximum atomic E-state index is 13.9. The molecular weight excluding hydrogens is 608 g/mol. The summed E-state index contributed by atoms with van der Waals surface area (Å²) in [5, 5.41) is 12.6. The molecule has 0 saturated carbocycles. The molecule has 13 nitrogen and oxygen atoms in total. The molecule has 6 rings (SSSR count). The van der Waals surface area contributed by atoms with E-state index < -0.39 is 43.9 Å². The van der Waals surface area contributed by atoms with Gasteiger partial charge in [-0.05, 0) is 51.2 Å². The number of piperazine rings is 1. The van der Waals surface area contributed by atoms with Crippen LogP contribution in [0.1, 0.15) is 46.0 Å². The Morgan fingerprint density at radius 2 is 1.69 bits per heavy atom. The van der Waals surface area contributed by atoms with Gasteiger partial charge in [-0.2, -0.15) is 9.40 Å². The fourth-order valence-electron chi connectivity index (χ4n) is 5.62. The number of imidazole rings is 1. The number of H-pyrrole nitrogens is 2. The first-order chi connectivity index (χ1) is 21.3. The molecule has 0 radical (unpaired) electrons. The summed E-state index contributed by atoms with van der Waals surface area (Å²) in [6.07, 6.45) is 2.74. The SMILES string of the molecule is CN1CCN(c2ccc(C(=O)Nc3n[nH]c4c3CN(S(=O)(=O)c3cc(F)cc(F)c3)C4(C)C)c(NC(=O)c3cnc[nH]3)c2)CC1. The van der Waals surface area contributed by atoms with Crippen molar-refractivity contribution in [3.8, 4) is 0 Å². The van der Waals surface area contributed by atoms with E-state index in [-0.39, 0.29) is 29.3 Å². The van der Waals surface area contributed by atoms with Crippen LogP contribution in [0.3, 0.4) is 0 Å². The number of likely N-dealkylation sites (N-methyl/N-ethyl adjacent to an activating group) is 1. The first-order valence-electron chi connectivity index (χ1n) is 14.1. The molecule has 0 atom stereocenters. The lowest BCUT2D eigenvalue weighted by atomic mass is 10.0. The van der Waals surface area contributed by atoms with E-state index in [1.165, 1.54) is 12.5 Å². The number of aromatic nitrogens is 4. The van der Waals surface area contributed by atoms with Crippen LogP contribution in [0.2, 0.25) is 0 Å². The monoisotopic (exact) mass is 639 g/mol. The van der Waals surface area contributed by atoms with Crippen molar-refractivity contribution in [2.75, 3.05) is 48.8 Å². The highest BCUT2D eigenvalue weighted by molar-refractivity contribution is 7.89. The molecule has 1 saturated heterocycles. The zero-order chi connectivity index (χ0) is 32.1. The summed E-state index contributed by atoms with van der Waals surface area (Å²) >= 11 is 0. The standard InChI is InChI=1S/C29H31F2N9O4S/c1-29(2)25-22(15-40(29)45(43,44)20-11-17(30)10-18(31)12-20)26(37-36-25)35-27(41)21-5-4-19(39-8-6-38(3)7-9-39)13-23(21)34-28(42)24-14-32-16-33-24/h4-5,10-14,16H,6-9,15H2,1-3H3,(H,32,33)(H,34,42)(H2,35,36,37,41). The average molecular weight is 640 g/mol. The van der Waals surface area contributed by atoms with Crippen molar-refractivity contribution in [2.45, 2.75) is 30.8 Å². The van der Waals surface area contributed by atoms with Gasteiger partial charge in [-0.3, -0.25) is 14.7 Å². The predicted molar refractivity (Wildman–Crippen MR) is 161 cm³/mol. The molecule has 16 heteroatoms. The highest BCUT2D eigenvalue weighted by Gasteiger charge is 2.48. The number of rotatable bonds is 7. The topological polar surface area (TPSA) is 159 Å². The van der Waals surface area contributed by atoms with E-state index in [2.05, 4.69) is 40.6 Å². The van der Waals surface area contributed by atoms with Crippen LogP contribution < -0.4 is 15.5 Å². The lowest BCUT2D eigenvalue weighted by molar-refractivity contribution is 0.102. The second kappa shape index (κ2) is 11.4. The van der Waals surface area contributed by atoms with Crippen molar-refractivity contribution < 1.29 is 26.8 Å². The lowest BCUT2D eigenvalue weighted by Crippen LogP contribution is -2.44. The van der Waals surface area contributed by atoms with Gasteiger partial charge in [-0.15, -0.1) is 0 Å². The molecule has 2 aromatic heterocycles. The van der Waals surface area contributed by atoms with E-state index in [4.69, 9.17) is 0 Å². The van der Waals surface area contributed by atoms with Gasteiger partial charge in [0, 0.05) is 50.0 Å². The van der Waals surface area contributed by atoms with Gasteiger partial charge in [-0.1, -0.05) is 0 Å². The molecule has 2 aliphatic rings. The summed E-state index contributed by atoms with van der Waals surface area (Å²) in [7, 11) is -2.31. The molecule has 236 valence electrons. The Morgan fingerprint density at radius 3 is 2.36 bits per heavy atom. The number of nitrogens with one attached hydrogen (secondary N) is 4. The van der Waals surface area contributed by atoms with E-state index in [0.717, 1.165) is 48.3 Å². The number of halogens is 2. The molecule has 45 heavy (non-hydrogen) atoms. The molecule has 2 amide bonds. The summed E-state index contributed by atoms with van der Waals surface area (Å²) in [6.45, 7) is 6.28. The first-order valence-corrected chi connectivity index (χ1v) is 15.5. The van der Waals surface area contributed by atoms with E-state index in [1.54, 1.807) is 32.0 Å². The molecule has 4 N–H and O–H groups in total. The van der Waals surface area contributed by atoms with Gasteiger partial charge in [0.05, 0.1) is 39.9 Å². The van der Waals surface area contributed by atoms with Crippen molar-refractivity contribution in [3.63, 3.8) is 0 Å². The van der Waals surface area contributed by atoms with Gasteiger partial charge < -0.3 is 25.4 Å². The van der Waals surface area contributed by atoms with Gasteiger partial charge in [0.25, 0.3) is 11.8 Å². The molecular formula is C29H31F2N9O4S. The molecule has 4 aromatic rings. The highest BCUT2D eigenvalue weighted by Crippen LogP contribution is 2.44. The van der Waals surface area contributed by atoms with Gasteiger partial charge >= 0.3 is 0 Å². The number of carbonyl (C=O) groups excluding carboxylic acids is 2. The summed E-state index contributed by atoms with van der Waals surface area (Å²) < 4.78 is 56.0. The van der Waals surface area contributed by atoms with Gasteiger partial charge in [0.1, 0.15) is 17.3 Å². The number of aromatic amines is 2. The minimum absolute atomic E-state index is 0.0835. The molecule has 2 aromatic carbocycles. The molecule has 0 bridgehead atoms. The van der Waals surface area contributed by atoms with E-state index in [1.807, 2.05) is 7.05 Å². The minimum Gasteiger partial charge on any atom is -0.369 e. The summed E-state index contributed by atoms with van der Waals surface area (Å²) in [5.74, 6) is -3.05. The second-order valence-electron chi connectivity index (χ2n) is 11.5. The van der Waals surface area contributed by atoms with Crippen molar-refractivity contribution >= 4 is 39.0 Å². The number of nitrogens with zero attached hydrogens (tertiary/aromatic N) is 5. The molecule has 0 spiro atoms. The van der Waals surface area contributed by atoms with Crippen LogP contribution in [0.5, 0.6) is 0 Å². The maximum Gasteiger partial charge on any atom is 0.273 e. The molecule has 0 aliphatic carbocycles. The lowest BCUT2D eigenvalue weighted by Gasteiger charge is -2.34. The number of carbonyl (C=O) groups is 2. The van der Waals surface area contributed by atoms with Crippen molar-refractivity contribution in [3.05, 3.63) is 83.1 Å². The number of fused-ring (bicyclic) bond motifs is 1. The fraction of sp³-hybridized carbons (Fsp3) is 0.310. The van der Waals surface area contributed by atoms with Crippen LogP contribution in [0, 0.1) is 11.6 Å². The normalized spacial score (nSPS) is 16.9. The zero-order valence-electron chi connectivity index (χ0n) is 24.7. The second-order valence-corrected chi connectivity index (χ2v) is 13.4. The smallest absolute Gasteiger partial charge is 0.273 e. The largest absolute Gasteiger partial charge is 0.369 e. The predicted octanol–water partition coefficient (Wildman–Crippen LogP) is 3.11. The van der Waals surface area contributed by atoms with Crippen LogP contribution in [-0.4, -0.2) is 82.8 Å². The third-order valence-electron chi connectivity index (χ3n) is 8.17. The minimum atomic E-state index is -4.36. The van der Waals surface area contributed by atoms with Crippen LogP contribution >= 0.6 is 0 Å². The van der Waals surface area contributed by atoms with Gasteiger partial charge in [-0.25, -0.2) is 22.2 Å². The van der Waals surface area contributed by atoms with Crippen molar-refractivity contribution in [2.24, 2.45) is 0 Å². The van der Waals surface area contributed by atoms with Crippen LogP contribution in [0.4, 0.5) is 26.0 Å². The number of benzene rings is 2. The molecule has 2 aliphatic heterocycles. The zero-order valence-corrected chi connectivity index (χ0v) is 25.5. The Balaban J connectivity index is 1.29. The van der Waals surface area contributed by atoms with E-state index >= 15 is 0 Å². The number of amides is 2. The number of hydrogen-bond donors (Lipinski definition) is 4. The van der Waals surface area contributed by atoms with Crippen molar-refractivity contribution in [1.82, 2.24) is 29.4 Å². The molecule has 4 heterocycles. The Bertz CT molecular complexity index is 1860. The summed E-state index contributed by atoms with van der Waals surface area (Å²) in [6, 6.07) is 7.25. The first kappa shape index (κ1) is 30.4. The Morgan fingerprint density at radius 1 is 0.978 bits per heavy atom. The third-order valence-corrected chi connectivity index (χ3v) is 10.2. The van der Waals surface area contributed by atoms with E-state index in [9.17, 15) is 26.8 Å². The molecule has 1 fully saturated rings. The van der Waals surface area contributed by atoms with Crippen LogP contribution in [0.25, 0.3) is 0 Å². The van der Waals surface area contributed by atoms with Crippen LogP contribution in [0.15, 0.2) is 53.8 Å². The van der Waals surface area contributed by atoms with E-state index in [0.29, 0.717) is 17.3 Å². The van der Waals surface area contributed by atoms with Gasteiger partial charge in [0.15, 0.2) is 5.82 Å². The Labute approximate surface area is 257 Å². The summed E-state index contributed by atoms with van der Waals surface area (Å²) in [5.41, 5.74) is 1.06. The third kappa shape index (κ3) is 5.67. The van der Waals surface area contributed by atoms with Crippen molar-refractivity contribution in [1.29, 1.82) is 0 Å². The summed E-state index contributed by atoms with van der Waals surface area (Å²) in [4.78, 5) is 37.1. The molecule has 0 unspecified atom stereocenters. The average Bonchev–Trinajstić information content (AvgIpc) is 3.72. The number of hydrogen-bond acceptors (Lipinski definition) is 8. The number of anilines is 3. The maximum absolute atomic E-state index is 13.9. The Kier molecular flexibility index (Phi) is 7.66. The van der Waals surface area contributed by atoms with Gasteiger partial charge in [0.2, 0.25) is 10.0 Å².